The highest BCUT2D eigenvalue weighted by atomic mass is 16.7. The third-order valence-electron chi connectivity index (χ3n) is 0.966. The Morgan fingerprint density at radius 1 is 1.25 bits per heavy atom. The summed E-state index contributed by atoms with van der Waals surface area (Å²) in [6.07, 6.45) is -0.665. The maximum absolute atomic E-state index is 8.41. The standard InChI is InChI=1S/C7H13BO4/c1-3-11-7(12-4-2)5-6-8(9)10/h7,9-10H,3-4H2,1-2H3. The zero-order valence-electron chi connectivity index (χ0n) is 7.28. The summed E-state index contributed by atoms with van der Waals surface area (Å²) in [6.45, 7) is 4.56. The molecular weight excluding hydrogens is 159 g/mol. The summed E-state index contributed by atoms with van der Waals surface area (Å²) in [6, 6.07) is 0. The van der Waals surface area contributed by atoms with Gasteiger partial charge in [0.1, 0.15) is 0 Å². The van der Waals surface area contributed by atoms with Crippen molar-refractivity contribution in [1.82, 2.24) is 0 Å². The van der Waals surface area contributed by atoms with Gasteiger partial charge in [-0.1, -0.05) is 5.82 Å². The van der Waals surface area contributed by atoms with E-state index in [0.29, 0.717) is 13.2 Å². The monoisotopic (exact) mass is 172 g/mol. The fourth-order valence-electron chi connectivity index (χ4n) is 0.577. The molecule has 0 fully saturated rings. The lowest BCUT2D eigenvalue weighted by Gasteiger charge is -2.09. The molecule has 0 radical (unpaired) electrons. The quantitative estimate of drug-likeness (QED) is 0.337. The molecule has 0 aromatic rings. The lowest BCUT2D eigenvalue weighted by atomic mass is 9.94. The molecule has 68 valence electrons. The Labute approximate surface area is 72.6 Å². The van der Waals surface area contributed by atoms with E-state index in [1.165, 1.54) is 0 Å². The minimum absolute atomic E-state index is 0.473. The SMILES string of the molecule is CCOC(C#CB(O)O)OCC. The van der Waals surface area contributed by atoms with Crippen LogP contribution in [0.2, 0.25) is 0 Å². The predicted molar refractivity (Wildman–Crippen MR) is 45.0 cm³/mol. The molecule has 0 saturated carbocycles. The van der Waals surface area contributed by atoms with Crippen LogP contribution in [0.4, 0.5) is 0 Å². The second kappa shape index (κ2) is 7.13. The number of hydrogen-bond acceptors (Lipinski definition) is 4. The van der Waals surface area contributed by atoms with Crippen molar-refractivity contribution in [3.8, 4) is 11.7 Å². The summed E-state index contributed by atoms with van der Waals surface area (Å²) in [5, 5.41) is 16.8. The summed E-state index contributed by atoms with van der Waals surface area (Å²) in [4.78, 5) is 0. The van der Waals surface area contributed by atoms with Crippen molar-refractivity contribution in [1.29, 1.82) is 0 Å². The topological polar surface area (TPSA) is 58.9 Å². The molecule has 5 heteroatoms. The highest BCUT2D eigenvalue weighted by Gasteiger charge is 2.04. The van der Waals surface area contributed by atoms with Crippen molar-refractivity contribution in [2.45, 2.75) is 20.1 Å². The maximum atomic E-state index is 8.41. The predicted octanol–water partition coefficient (Wildman–Crippen LogP) is -0.599. The summed E-state index contributed by atoms with van der Waals surface area (Å²) in [5.41, 5.74) is 0. The molecule has 12 heavy (non-hydrogen) atoms. The van der Waals surface area contributed by atoms with Crippen LogP contribution in [-0.4, -0.2) is 36.7 Å². The fourth-order valence-corrected chi connectivity index (χ4v) is 0.577. The Morgan fingerprint density at radius 3 is 2.08 bits per heavy atom. The zero-order valence-corrected chi connectivity index (χ0v) is 7.28. The van der Waals surface area contributed by atoms with Gasteiger partial charge in [0.25, 0.3) is 0 Å². The van der Waals surface area contributed by atoms with Crippen LogP contribution in [0.1, 0.15) is 13.8 Å². The number of ether oxygens (including phenoxy) is 2. The van der Waals surface area contributed by atoms with Crippen LogP contribution in [0.25, 0.3) is 0 Å². The molecule has 0 aliphatic heterocycles. The van der Waals surface area contributed by atoms with Gasteiger partial charge in [0.05, 0.1) is 0 Å². The van der Waals surface area contributed by atoms with E-state index < -0.39 is 13.4 Å². The first-order valence-corrected chi connectivity index (χ1v) is 3.81. The van der Waals surface area contributed by atoms with Crippen molar-refractivity contribution >= 4 is 7.12 Å². The van der Waals surface area contributed by atoms with Gasteiger partial charge in [0.2, 0.25) is 6.29 Å². The van der Waals surface area contributed by atoms with Crippen molar-refractivity contribution in [3.63, 3.8) is 0 Å². The molecule has 0 spiro atoms. The summed E-state index contributed by atoms with van der Waals surface area (Å²) < 4.78 is 10.0. The average Bonchev–Trinajstić information content (AvgIpc) is 2.01. The van der Waals surface area contributed by atoms with Gasteiger partial charge in [-0.25, -0.2) is 0 Å². The Hall–Kier alpha value is -0.535. The molecule has 0 aromatic heterocycles. The van der Waals surface area contributed by atoms with E-state index in [1.807, 2.05) is 13.8 Å². The van der Waals surface area contributed by atoms with Crippen LogP contribution in [0, 0.1) is 11.7 Å². The molecule has 0 saturated heterocycles. The normalized spacial score (nSPS) is 9.42. The maximum Gasteiger partial charge on any atom is 0.544 e. The minimum Gasteiger partial charge on any atom is -0.416 e. The molecule has 0 bridgehead atoms. The second-order valence-electron chi connectivity index (χ2n) is 1.90. The third kappa shape index (κ3) is 6.19. The van der Waals surface area contributed by atoms with Crippen LogP contribution in [0.3, 0.4) is 0 Å². The van der Waals surface area contributed by atoms with Gasteiger partial charge in [-0.3, -0.25) is 0 Å². The van der Waals surface area contributed by atoms with Crippen molar-refractivity contribution in [3.05, 3.63) is 0 Å². The number of rotatable bonds is 4. The summed E-state index contributed by atoms with van der Waals surface area (Å²) in [7, 11) is -1.63. The van der Waals surface area contributed by atoms with Gasteiger partial charge in [-0.15, -0.1) is 0 Å². The van der Waals surface area contributed by atoms with E-state index in [1.54, 1.807) is 0 Å². The van der Waals surface area contributed by atoms with E-state index in [0.717, 1.165) is 0 Å². The first kappa shape index (κ1) is 11.5. The van der Waals surface area contributed by atoms with E-state index >= 15 is 0 Å². The molecule has 0 unspecified atom stereocenters. The van der Waals surface area contributed by atoms with Gasteiger partial charge in [-0.05, 0) is 19.8 Å². The molecular formula is C7H13BO4. The molecule has 0 heterocycles. The first-order chi connectivity index (χ1) is 5.70. The van der Waals surface area contributed by atoms with Gasteiger partial charge >= 0.3 is 7.12 Å². The highest BCUT2D eigenvalue weighted by molar-refractivity contribution is 6.51. The molecule has 0 amide bonds. The van der Waals surface area contributed by atoms with Crippen LogP contribution in [0.5, 0.6) is 0 Å². The summed E-state index contributed by atoms with van der Waals surface area (Å²) in [5.74, 6) is 4.55. The molecule has 0 atom stereocenters. The smallest absolute Gasteiger partial charge is 0.416 e. The molecule has 0 aliphatic carbocycles. The van der Waals surface area contributed by atoms with Gasteiger partial charge in [-0.2, -0.15) is 0 Å². The Balaban J connectivity index is 3.87. The van der Waals surface area contributed by atoms with Crippen molar-refractivity contribution in [2.75, 3.05) is 13.2 Å². The largest absolute Gasteiger partial charge is 0.544 e. The molecule has 4 nitrogen and oxygen atoms in total. The lowest BCUT2D eigenvalue weighted by Crippen LogP contribution is -2.16. The average molecular weight is 172 g/mol. The van der Waals surface area contributed by atoms with Gasteiger partial charge < -0.3 is 19.5 Å². The van der Waals surface area contributed by atoms with E-state index in [-0.39, 0.29) is 0 Å². The van der Waals surface area contributed by atoms with Gasteiger partial charge in [0, 0.05) is 13.2 Å². The molecule has 0 aliphatic rings. The zero-order chi connectivity index (χ0) is 9.40. The third-order valence-corrected chi connectivity index (χ3v) is 0.966. The Bertz CT molecular complexity index is 155. The van der Waals surface area contributed by atoms with E-state index in [4.69, 9.17) is 19.5 Å². The molecule has 0 aromatic carbocycles. The van der Waals surface area contributed by atoms with Crippen LogP contribution in [-0.2, 0) is 9.47 Å². The highest BCUT2D eigenvalue weighted by Crippen LogP contribution is 1.92. The fraction of sp³-hybridized carbons (Fsp3) is 0.714. The van der Waals surface area contributed by atoms with Crippen LogP contribution < -0.4 is 0 Å². The van der Waals surface area contributed by atoms with E-state index in [2.05, 4.69) is 11.7 Å². The number of hydrogen-bond donors (Lipinski definition) is 2. The Kier molecular flexibility index (Phi) is 6.81. The lowest BCUT2D eigenvalue weighted by molar-refractivity contribution is -0.0969. The van der Waals surface area contributed by atoms with Crippen LogP contribution >= 0.6 is 0 Å². The molecule has 0 rings (SSSR count). The molecule has 2 N–H and O–H groups in total. The second-order valence-corrected chi connectivity index (χ2v) is 1.90. The van der Waals surface area contributed by atoms with Crippen molar-refractivity contribution < 1.29 is 19.5 Å². The summed E-state index contributed by atoms with van der Waals surface area (Å²) >= 11 is 0. The van der Waals surface area contributed by atoms with Crippen molar-refractivity contribution in [2.24, 2.45) is 0 Å². The van der Waals surface area contributed by atoms with Crippen LogP contribution in [0.15, 0.2) is 0 Å². The van der Waals surface area contributed by atoms with Gasteiger partial charge in [0.15, 0.2) is 0 Å². The first-order valence-electron chi connectivity index (χ1n) is 3.81. The van der Waals surface area contributed by atoms with E-state index in [9.17, 15) is 0 Å². The minimum atomic E-state index is -1.63. The Morgan fingerprint density at radius 2 is 1.75 bits per heavy atom.